The van der Waals surface area contributed by atoms with Gasteiger partial charge in [0.2, 0.25) is 5.91 Å². The number of rotatable bonds is 4. The molecule has 7 heteroatoms. The van der Waals surface area contributed by atoms with Gasteiger partial charge in [-0.3, -0.25) is 9.69 Å². The third kappa shape index (κ3) is 2.88. The summed E-state index contributed by atoms with van der Waals surface area (Å²) < 4.78 is 19.5. The Labute approximate surface area is 134 Å². The first-order valence-corrected chi connectivity index (χ1v) is 7.62. The molecule has 0 spiro atoms. The van der Waals surface area contributed by atoms with Crippen LogP contribution in [0.5, 0.6) is 0 Å². The molecule has 2 fully saturated rings. The van der Waals surface area contributed by atoms with Crippen LogP contribution in [0, 0.1) is 5.82 Å². The first-order valence-electron chi connectivity index (χ1n) is 7.62. The number of carbonyl (C=O) groups excluding carboxylic acids is 2. The Hall–Kier alpha value is -2.15. The van der Waals surface area contributed by atoms with Gasteiger partial charge < -0.3 is 15.4 Å². The quantitative estimate of drug-likeness (QED) is 0.873. The molecule has 2 aliphatic heterocycles. The minimum absolute atomic E-state index is 0.171. The van der Waals surface area contributed by atoms with Gasteiger partial charge in [-0.05, 0) is 17.7 Å². The highest BCUT2D eigenvalue weighted by molar-refractivity contribution is 5.90. The van der Waals surface area contributed by atoms with E-state index in [0.717, 1.165) is 13.1 Å². The van der Waals surface area contributed by atoms with Crippen molar-refractivity contribution in [1.29, 1.82) is 0 Å². The number of benzene rings is 1. The summed E-state index contributed by atoms with van der Waals surface area (Å²) in [7, 11) is 0. The van der Waals surface area contributed by atoms with E-state index in [1.807, 2.05) is 6.92 Å². The Morgan fingerprint density at radius 1 is 1.52 bits per heavy atom. The predicted octanol–water partition coefficient (Wildman–Crippen LogP) is 1.15. The third-order valence-corrected chi connectivity index (χ3v) is 4.46. The molecule has 2 saturated heterocycles. The van der Waals surface area contributed by atoms with Crippen molar-refractivity contribution in [2.75, 3.05) is 31.1 Å². The van der Waals surface area contributed by atoms with Crippen molar-refractivity contribution in [2.24, 2.45) is 0 Å². The van der Waals surface area contributed by atoms with Gasteiger partial charge in [-0.25, -0.2) is 9.18 Å². The molecule has 0 saturated carbocycles. The van der Waals surface area contributed by atoms with E-state index in [-0.39, 0.29) is 36.3 Å². The summed E-state index contributed by atoms with van der Waals surface area (Å²) in [5, 5.41) is 5.81. The maximum atomic E-state index is 14.5. The van der Waals surface area contributed by atoms with Crippen LogP contribution >= 0.6 is 0 Å². The molecule has 6 nitrogen and oxygen atoms in total. The number of halogens is 1. The highest BCUT2D eigenvalue weighted by Gasteiger charge is 2.38. The number of anilines is 1. The Kier molecular flexibility index (Phi) is 3.97. The Morgan fingerprint density at radius 3 is 2.83 bits per heavy atom. The van der Waals surface area contributed by atoms with Crippen molar-refractivity contribution in [2.45, 2.75) is 25.3 Å². The van der Waals surface area contributed by atoms with Crippen molar-refractivity contribution in [3.63, 3.8) is 0 Å². The SMILES string of the molecule is CC(=O)NC[C@H]1COC(=O)N1c1ccc(C2(C)CNC2)c(F)c1. The number of cyclic esters (lactones) is 1. The largest absolute Gasteiger partial charge is 0.447 e. The van der Waals surface area contributed by atoms with Crippen molar-refractivity contribution in [3.05, 3.63) is 29.6 Å². The average Bonchev–Trinajstić information content (AvgIpc) is 2.83. The van der Waals surface area contributed by atoms with Crippen LogP contribution < -0.4 is 15.5 Å². The molecular formula is C16H20FN3O3. The molecule has 1 aromatic carbocycles. The molecule has 23 heavy (non-hydrogen) atoms. The lowest BCUT2D eigenvalue weighted by atomic mass is 9.77. The van der Waals surface area contributed by atoms with Crippen LogP contribution in [0.15, 0.2) is 18.2 Å². The lowest BCUT2D eigenvalue weighted by Crippen LogP contribution is -2.55. The number of ether oxygens (including phenoxy) is 1. The normalized spacial score (nSPS) is 22.5. The number of amides is 2. The van der Waals surface area contributed by atoms with Crippen molar-refractivity contribution in [1.82, 2.24) is 10.6 Å². The van der Waals surface area contributed by atoms with E-state index in [1.54, 1.807) is 12.1 Å². The summed E-state index contributed by atoms with van der Waals surface area (Å²) in [5.74, 6) is -0.513. The molecule has 2 N–H and O–H groups in total. The maximum Gasteiger partial charge on any atom is 0.414 e. The van der Waals surface area contributed by atoms with Gasteiger partial charge in [0.1, 0.15) is 12.4 Å². The number of hydrogen-bond donors (Lipinski definition) is 2. The van der Waals surface area contributed by atoms with Crippen LogP contribution in [0.2, 0.25) is 0 Å². The van der Waals surface area contributed by atoms with Crippen molar-refractivity contribution in [3.8, 4) is 0 Å². The van der Waals surface area contributed by atoms with E-state index in [4.69, 9.17) is 4.74 Å². The van der Waals surface area contributed by atoms with Gasteiger partial charge in [0.05, 0.1) is 11.7 Å². The van der Waals surface area contributed by atoms with Crippen LogP contribution in [0.25, 0.3) is 0 Å². The minimum atomic E-state index is -0.524. The predicted molar refractivity (Wildman–Crippen MR) is 82.9 cm³/mol. The average molecular weight is 321 g/mol. The molecule has 1 aromatic rings. The summed E-state index contributed by atoms with van der Waals surface area (Å²) in [6.45, 7) is 5.33. The van der Waals surface area contributed by atoms with Crippen LogP contribution in [-0.2, 0) is 14.9 Å². The number of nitrogens with one attached hydrogen (secondary N) is 2. The molecule has 2 aliphatic rings. The molecular weight excluding hydrogens is 301 g/mol. The summed E-state index contributed by atoms with van der Waals surface area (Å²) in [6, 6.07) is 4.49. The van der Waals surface area contributed by atoms with E-state index in [0.29, 0.717) is 11.3 Å². The van der Waals surface area contributed by atoms with Gasteiger partial charge in [0.15, 0.2) is 0 Å². The molecule has 0 aliphatic carbocycles. The Morgan fingerprint density at radius 2 is 2.26 bits per heavy atom. The van der Waals surface area contributed by atoms with Crippen LogP contribution in [0.4, 0.5) is 14.9 Å². The van der Waals surface area contributed by atoms with Crippen LogP contribution in [-0.4, -0.2) is 44.3 Å². The fraction of sp³-hybridized carbons (Fsp3) is 0.500. The standard InChI is InChI=1S/C16H20FN3O3/c1-10(21)19-6-12-7-23-15(22)20(12)11-3-4-13(14(17)5-11)16(2)8-18-9-16/h3-5,12,18H,6-9H2,1-2H3,(H,19,21)/t12-/m0/s1. The molecule has 2 heterocycles. The topological polar surface area (TPSA) is 70.7 Å². The fourth-order valence-corrected chi connectivity index (χ4v) is 3.02. The minimum Gasteiger partial charge on any atom is -0.447 e. The van der Waals surface area contributed by atoms with Gasteiger partial charge in [0.25, 0.3) is 0 Å². The molecule has 0 bridgehead atoms. The lowest BCUT2D eigenvalue weighted by Gasteiger charge is -2.40. The van der Waals surface area contributed by atoms with Gasteiger partial charge in [0, 0.05) is 32.0 Å². The Balaban J connectivity index is 1.83. The molecule has 0 aromatic heterocycles. The van der Waals surface area contributed by atoms with Gasteiger partial charge in [-0.1, -0.05) is 13.0 Å². The summed E-state index contributed by atoms with van der Waals surface area (Å²) >= 11 is 0. The number of nitrogens with zero attached hydrogens (tertiary/aromatic N) is 1. The first kappa shape index (κ1) is 15.7. The second-order valence-electron chi connectivity index (χ2n) is 6.37. The van der Waals surface area contributed by atoms with Gasteiger partial charge in [-0.15, -0.1) is 0 Å². The summed E-state index contributed by atoms with van der Waals surface area (Å²) in [5.41, 5.74) is 0.884. The first-order chi connectivity index (χ1) is 10.9. The smallest absolute Gasteiger partial charge is 0.414 e. The van der Waals surface area contributed by atoms with E-state index in [9.17, 15) is 14.0 Å². The lowest BCUT2D eigenvalue weighted by molar-refractivity contribution is -0.119. The van der Waals surface area contributed by atoms with Gasteiger partial charge >= 0.3 is 6.09 Å². The van der Waals surface area contributed by atoms with Crippen molar-refractivity contribution < 1.29 is 18.7 Å². The van der Waals surface area contributed by atoms with Crippen LogP contribution in [0.1, 0.15) is 19.4 Å². The molecule has 0 unspecified atom stereocenters. The highest BCUT2D eigenvalue weighted by atomic mass is 19.1. The van der Waals surface area contributed by atoms with Gasteiger partial charge in [-0.2, -0.15) is 0 Å². The van der Waals surface area contributed by atoms with E-state index < -0.39 is 6.09 Å². The van der Waals surface area contributed by atoms with Crippen LogP contribution in [0.3, 0.4) is 0 Å². The Bertz CT molecular complexity index is 645. The zero-order chi connectivity index (χ0) is 16.6. The van der Waals surface area contributed by atoms with E-state index in [2.05, 4.69) is 10.6 Å². The van der Waals surface area contributed by atoms with E-state index >= 15 is 0 Å². The van der Waals surface area contributed by atoms with Crippen molar-refractivity contribution >= 4 is 17.7 Å². The molecule has 0 radical (unpaired) electrons. The second kappa shape index (κ2) is 5.81. The fourth-order valence-electron chi connectivity index (χ4n) is 3.02. The molecule has 3 rings (SSSR count). The molecule has 2 amide bonds. The maximum absolute atomic E-state index is 14.5. The summed E-state index contributed by atoms with van der Waals surface area (Å²) in [4.78, 5) is 24.4. The zero-order valence-corrected chi connectivity index (χ0v) is 13.2. The third-order valence-electron chi connectivity index (χ3n) is 4.46. The number of hydrogen-bond acceptors (Lipinski definition) is 4. The van der Waals surface area contributed by atoms with E-state index in [1.165, 1.54) is 17.9 Å². The highest BCUT2D eigenvalue weighted by Crippen LogP contribution is 2.33. The molecule has 1 atom stereocenters. The number of carbonyl (C=O) groups is 2. The second-order valence-corrected chi connectivity index (χ2v) is 6.37. The monoisotopic (exact) mass is 321 g/mol. The molecule has 124 valence electrons. The summed E-state index contributed by atoms with van der Waals surface area (Å²) in [6.07, 6.45) is -0.524. The zero-order valence-electron chi connectivity index (χ0n) is 13.2.